The number of carbonyl (C=O) groups excluding carboxylic acids is 2. The fourth-order valence-corrected chi connectivity index (χ4v) is 4.14. The van der Waals surface area contributed by atoms with E-state index in [9.17, 15) is 18.0 Å². The number of rotatable bonds is 4. The summed E-state index contributed by atoms with van der Waals surface area (Å²) in [4.78, 5) is 27.8. The van der Waals surface area contributed by atoms with E-state index in [1.165, 1.54) is 17.6 Å². The van der Waals surface area contributed by atoms with Gasteiger partial charge in [0.2, 0.25) is 15.9 Å². The van der Waals surface area contributed by atoms with Crippen molar-refractivity contribution in [2.45, 2.75) is 25.3 Å². The molecular weight excluding hydrogens is 330 g/mol. The van der Waals surface area contributed by atoms with Gasteiger partial charge in [-0.05, 0) is 12.8 Å². The summed E-state index contributed by atoms with van der Waals surface area (Å²) in [5, 5.41) is 2.81. The molecule has 1 atom stereocenters. The van der Waals surface area contributed by atoms with Gasteiger partial charge in [0.1, 0.15) is 10.9 Å². The molecule has 10 heteroatoms. The Kier molecular flexibility index (Phi) is 5.14. The molecule has 0 saturated carbocycles. The number of amides is 1. The first-order valence-corrected chi connectivity index (χ1v) is 9.31. The molecule has 1 N–H and O–H groups in total. The number of esters is 1. The third-order valence-electron chi connectivity index (χ3n) is 3.30. The second kappa shape index (κ2) is 6.71. The summed E-state index contributed by atoms with van der Waals surface area (Å²) in [6.07, 6.45) is 4.39. The van der Waals surface area contributed by atoms with Gasteiger partial charge >= 0.3 is 5.97 Å². The van der Waals surface area contributed by atoms with Crippen LogP contribution in [0.4, 0.5) is 5.13 Å². The van der Waals surface area contributed by atoms with Crippen LogP contribution in [0.3, 0.4) is 0 Å². The Morgan fingerprint density at radius 2 is 2.18 bits per heavy atom. The number of hydrogen-bond donors (Lipinski definition) is 1. The van der Waals surface area contributed by atoms with Crippen molar-refractivity contribution in [3.63, 3.8) is 0 Å². The summed E-state index contributed by atoms with van der Waals surface area (Å²) < 4.78 is 29.3. The molecule has 1 aromatic rings. The molecule has 22 heavy (non-hydrogen) atoms. The van der Waals surface area contributed by atoms with E-state index in [2.05, 4.69) is 15.0 Å². The summed E-state index contributed by atoms with van der Waals surface area (Å²) in [7, 11) is -2.19. The number of piperidine rings is 1. The van der Waals surface area contributed by atoms with Crippen molar-refractivity contribution in [3.8, 4) is 0 Å². The lowest BCUT2D eigenvalue weighted by Crippen LogP contribution is -2.49. The smallest absolute Gasteiger partial charge is 0.349 e. The fraction of sp³-hybridized carbons (Fsp3) is 0.583. The highest BCUT2D eigenvalue weighted by atomic mass is 32.2. The van der Waals surface area contributed by atoms with E-state index in [0.717, 1.165) is 30.4 Å². The maximum atomic E-state index is 12.3. The maximum Gasteiger partial charge on any atom is 0.349 e. The molecule has 0 unspecified atom stereocenters. The van der Waals surface area contributed by atoms with Crippen molar-refractivity contribution in [2.24, 2.45) is 0 Å². The Morgan fingerprint density at radius 3 is 2.82 bits per heavy atom. The number of carbonyl (C=O) groups is 2. The van der Waals surface area contributed by atoms with E-state index in [4.69, 9.17) is 0 Å². The largest absolute Gasteiger partial charge is 0.465 e. The molecule has 0 aliphatic carbocycles. The Morgan fingerprint density at radius 1 is 1.45 bits per heavy atom. The van der Waals surface area contributed by atoms with Gasteiger partial charge in [0, 0.05) is 6.54 Å². The van der Waals surface area contributed by atoms with Gasteiger partial charge in [-0.3, -0.25) is 4.79 Å². The molecule has 1 amide bonds. The molecule has 1 fully saturated rings. The van der Waals surface area contributed by atoms with Crippen molar-refractivity contribution in [1.82, 2.24) is 9.29 Å². The van der Waals surface area contributed by atoms with Gasteiger partial charge in [-0.2, -0.15) is 4.31 Å². The molecule has 0 spiro atoms. The van der Waals surface area contributed by atoms with Gasteiger partial charge < -0.3 is 10.1 Å². The summed E-state index contributed by atoms with van der Waals surface area (Å²) in [6.45, 7) is 0.336. The first kappa shape index (κ1) is 16.8. The second-order valence-electron chi connectivity index (χ2n) is 4.90. The number of nitrogens with one attached hydrogen (secondary N) is 1. The van der Waals surface area contributed by atoms with Crippen LogP contribution in [0, 0.1) is 0 Å². The SMILES string of the molecule is COC(=O)c1cnc(NC(=O)[C@H]2CCCCN2S(C)(=O)=O)s1. The number of thiazole rings is 1. The van der Waals surface area contributed by atoms with E-state index in [1.807, 2.05) is 0 Å². The van der Waals surface area contributed by atoms with Gasteiger partial charge in [0.15, 0.2) is 5.13 Å². The number of anilines is 1. The summed E-state index contributed by atoms with van der Waals surface area (Å²) in [6, 6.07) is -0.741. The van der Waals surface area contributed by atoms with Crippen LogP contribution in [0.2, 0.25) is 0 Å². The molecule has 1 aromatic heterocycles. The minimum atomic E-state index is -3.44. The fourth-order valence-electron chi connectivity index (χ4n) is 2.28. The molecule has 2 heterocycles. The third-order valence-corrected chi connectivity index (χ3v) is 5.49. The minimum absolute atomic E-state index is 0.240. The predicted octanol–water partition coefficient (Wildman–Crippen LogP) is 0.682. The van der Waals surface area contributed by atoms with Gasteiger partial charge in [-0.15, -0.1) is 0 Å². The molecular formula is C12H17N3O5S2. The molecule has 122 valence electrons. The Bertz CT molecular complexity index is 670. The highest BCUT2D eigenvalue weighted by molar-refractivity contribution is 7.88. The first-order chi connectivity index (χ1) is 10.3. The normalized spacial score (nSPS) is 19.6. The minimum Gasteiger partial charge on any atom is -0.465 e. The van der Waals surface area contributed by atoms with Crippen LogP contribution in [-0.4, -0.2) is 55.5 Å². The van der Waals surface area contributed by atoms with E-state index < -0.39 is 27.9 Å². The van der Waals surface area contributed by atoms with Crippen molar-refractivity contribution in [3.05, 3.63) is 11.1 Å². The van der Waals surface area contributed by atoms with E-state index in [-0.39, 0.29) is 10.0 Å². The van der Waals surface area contributed by atoms with Gasteiger partial charge in [0.05, 0.1) is 19.6 Å². The second-order valence-corrected chi connectivity index (χ2v) is 7.86. The molecule has 0 bridgehead atoms. The number of hydrogen-bond acceptors (Lipinski definition) is 7. The van der Waals surface area contributed by atoms with Crippen LogP contribution in [0.15, 0.2) is 6.20 Å². The number of aromatic nitrogens is 1. The van der Waals surface area contributed by atoms with Crippen LogP contribution >= 0.6 is 11.3 Å². The molecule has 0 aromatic carbocycles. The van der Waals surface area contributed by atoms with Crippen LogP contribution in [-0.2, 0) is 19.6 Å². The molecule has 2 rings (SSSR count). The van der Waals surface area contributed by atoms with Crippen LogP contribution in [0.5, 0.6) is 0 Å². The predicted molar refractivity (Wildman–Crippen MR) is 81.3 cm³/mol. The van der Waals surface area contributed by atoms with Crippen molar-refractivity contribution in [2.75, 3.05) is 25.2 Å². The number of sulfonamides is 1. The zero-order valence-electron chi connectivity index (χ0n) is 12.2. The first-order valence-electron chi connectivity index (χ1n) is 6.64. The van der Waals surface area contributed by atoms with Crippen molar-refractivity contribution < 1.29 is 22.7 Å². The lowest BCUT2D eigenvalue weighted by atomic mass is 10.0. The summed E-state index contributed by atoms with van der Waals surface area (Å²) >= 11 is 0.981. The van der Waals surface area contributed by atoms with Crippen LogP contribution in [0.25, 0.3) is 0 Å². The van der Waals surface area contributed by atoms with Crippen LogP contribution < -0.4 is 5.32 Å². The molecule has 8 nitrogen and oxygen atoms in total. The summed E-state index contributed by atoms with van der Waals surface area (Å²) in [5.74, 6) is -0.968. The highest BCUT2D eigenvalue weighted by Crippen LogP contribution is 2.23. The monoisotopic (exact) mass is 347 g/mol. The quantitative estimate of drug-likeness (QED) is 0.803. The topological polar surface area (TPSA) is 106 Å². The van der Waals surface area contributed by atoms with Gasteiger partial charge in [0.25, 0.3) is 0 Å². The average molecular weight is 347 g/mol. The molecule has 1 aliphatic rings. The van der Waals surface area contributed by atoms with E-state index >= 15 is 0 Å². The Balaban J connectivity index is 2.10. The van der Waals surface area contributed by atoms with Crippen molar-refractivity contribution >= 4 is 38.4 Å². The Hall–Kier alpha value is -1.52. The van der Waals surface area contributed by atoms with Crippen molar-refractivity contribution in [1.29, 1.82) is 0 Å². The molecule has 1 saturated heterocycles. The van der Waals surface area contributed by atoms with Gasteiger partial charge in [-0.1, -0.05) is 17.8 Å². The third kappa shape index (κ3) is 3.81. The molecule has 1 aliphatic heterocycles. The number of methoxy groups -OCH3 is 1. The standard InChI is InChI=1S/C12H17N3O5S2/c1-20-11(17)9-7-13-12(21-9)14-10(16)8-5-3-4-6-15(8)22(2,18)19/h7-8H,3-6H2,1-2H3,(H,13,14,16)/t8-/m1/s1. The van der Waals surface area contributed by atoms with E-state index in [1.54, 1.807) is 0 Å². The molecule has 0 radical (unpaired) electrons. The zero-order valence-corrected chi connectivity index (χ0v) is 13.9. The zero-order chi connectivity index (χ0) is 16.3. The number of nitrogens with zero attached hydrogens (tertiary/aromatic N) is 2. The lowest BCUT2D eigenvalue weighted by molar-refractivity contribution is -0.120. The highest BCUT2D eigenvalue weighted by Gasteiger charge is 2.34. The summed E-state index contributed by atoms with van der Waals surface area (Å²) in [5.41, 5.74) is 0. The lowest BCUT2D eigenvalue weighted by Gasteiger charge is -2.32. The average Bonchev–Trinajstić information content (AvgIpc) is 2.94. The van der Waals surface area contributed by atoms with E-state index in [0.29, 0.717) is 13.0 Å². The van der Waals surface area contributed by atoms with Gasteiger partial charge in [-0.25, -0.2) is 18.2 Å². The van der Waals surface area contributed by atoms with Crippen LogP contribution in [0.1, 0.15) is 28.9 Å². The Labute approximate surface area is 132 Å². The number of ether oxygens (including phenoxy) is 1. The maximum absolute atomic E-state index is 12.3.